The highest BCUT2D eigenvalue weighted by Crippen LogP contribution is 2.25. The molecule has 0 aliphatic rings. The van der Waals surface area contributed by atoms with Crippen LogP contribution >= 0.6 is 35.1 Å². The Hall–Kier alpha value is -0.650. The summed E-state index contributed by atoms with van der Waals surface area (Å²) in [5.41, 5.74) is 1.09. The molecule has 19 heavy (non-hydrogen) atoms. The molecule has 0 saturated carbocycles. The zero-order valence-corrected chi connectivity index (χ0v) is 13.4. The van der Waals surface area contributed by atoms with Crippen LogP contribution in [0.25, 0.3) is 11.4 Å². The summed E-state index contributed by atoms with van der Waals surface area (Å²) >= 11 is 9.11. The van der Waals surface area contributed by atoms with Gasteiger partial charge in [-0.05, 0) is 24.8 Å². The molecule has 102 valence electrons. The first-order chi connectivity index (χ1) is 9.26. The molecule has 0 bridgehead atoms. The topological polar surface area (TPSA) is 30.7 Å². The number of thioether (sulfide) groups is 2. The minimum absolute atomic E-state index is 0.688. The molecule has 0 aliphatic carbocycles. The van der Waals surface area contributed by atoms with Crippen LogP contribution in [-0.4, -0.2) is 32.7 Å². The molecule has 1 aromatic heterocycles. The number of rotatable bonds is 6. The van der Waals surface area contributed by atoms with Gasteiger partial charge in [0.15, 0.2) is 11.0 Å². The second-order valence-electron chi connectivity index (χ2n) is 3.98. The van der Waals surface area contributed by atoms with Gasteiger partial charge in [-0.25, -0.2) is 0 Å². The summed E-state index contributed by atoms with van der Waals surface area (Å²) in [6.45, 7) is 0. The molecule has 0 spiro atoms. The standard InChI is InChI=1S/C13H16ClN3S2/c1-17-12(10-4-6-11(18-2)7-5-10)15-16-13(17)19-9-3-8-14/h4-7H,3,8-9H2,1-2H3. The van der Waals surface area contributed by atoms with Crippen LogP contribution in [-0.2, 0) is 7.05 Å². The summed E-state index contributed by atoms with van der Waals surface area (Å²) < 4.78 is 2.03. The van der Waals surface area contributed by atoms with Crippen molar-refractivity contribution in [1.29, 1.82) is 0 Å². The number of alkyl halides is 1. The van der Waals surface area contributed by atoms with Crippen LogP contribution in [0.3, 0.4) is 0 Å². The van der Waals surface area contributed by atoms with Gasteiger partial charge in [0.1, 0.15) is 0 Å². The first-order valence-electron chi connectivity index (χ1n) is 5.99. The molecule has 1 heterocycles. The normalized spacial score (nSPS) is 10.9. The summed E-state index contributed by atoms with van der Waals surface area (Å²) in [5, 5.41) is 9.45. The predicted octanol–water partition coefficient (Wildman–Crippen LogP) is 3.93. The molecule has 2 aromatic rings. The number of hydrogen-bond acceptors (Lipinski definition) is 4. The average Bonchev–Trinajstić information content (AvgIpc) is 2.81. The fraction of sp³-hybridized carbons (Fsp3) is 0.385. The quantitative estimate of drug-likeness (QED) is 0.459. The van der Waals surface area contributed by atoms with E-state index in [4.69, 9.17) is 11.6 Å². The Kier molecular flexibility index (Phi) is 5.60. The van der Waals surface area contributed by atoms with E-state index in [-0.39, 0.29) is 0 Å². The van der Waals surface area contributed by atoms with E-state index in [1.165, 1.54) is 4.90 Å². The summed E-state index contributed by atoms with van der Waals surface area (Å²) in [6.07, 6.45) is 3.06. The number of aromatic nitrogens is 3. The predicted molar refractivity (Wildman–Crippen MR) is 84.3 cm³/mol. The van der Waals surface area contributed by atoms with E-state index in [2.05, 4.69) is 40.7 Å². The van der Waals surface area contributed by atoms with Gasteiger partial charge in [-0.1, -0.05) is 23.9 Å². The minimum Gasteiger partial charge on any atom is -0.305 e. The maximum Gasteiger partial charge on any atom is 0.191 e. The average molecular weight is 314 g/mol. The monoisotopic (exact) mass is 313 g/mol. The second-order valence-corrected chi connectivity index (χ2v) is 6.30. The maximum atomic E-state index is 5.68. The van der Waals surface area contributed by atoms with Gasteiger partial charge in [0.25, 0.3) is 0 Å². The van der Waals surface area contributed by atoms with Gasteiger partial charge < -0.3 is 4.57 Å². The largest absolute Gasteiger partial charge is 0.305 e. The number of halogens is 1. The van der Waals surface area contributed by atoms with Crippen molar-refractivity contribution >= 4 is 35.1 Å². The smallest absolute Gasteiger partial charge is 0.191 e. The molecule has 3 nitrogen and oxygen atoms in total. The van der Waals surface area contributed by atoms with Crippen molar-refractivity contribution in [3.8, 4) is 11.4 Å². The van der Waals surface area contributed by atoms with Crippen molar-refractivity contribution in [2.45, 2.75) is 16.5 Å². The van der Waals surface area contributed by atoms with Crippen molar-refractivity contribution in [2.24, 2.45) is 7.05 Å². The Morgan fingerprint density at radius 2 is 1.95 bits per heavy atom. The summed E-state index contributed by atoms with van der Waals surface area (Å²) in [6, 6.07) is 8.39. The third-order valence-electron chi connectivity index (χ3n) is 2.69. The first kappa shape index (κ1) is 14.8. The SMILES string of the molecule is CSc1ccc(-c2nnc(SCCCCl)n2C)cc1. The number of hydrogen-bond donors (Lipinski definition) is 0. The van der Waals surface area contributed by atoms with E-state index in [1.54, 1.807) is 23.5 Å². The molecule has 6 heteroatoms. The molecule has 0 fully saturated rings. The van der Waals surface area contributed by atoms with E-state index in [0.717, 1.165) is 28.7 Å². The van der Waals surface area contributed by atoms with Crippen molar-refractivity contribution in [3.05, 3.63) is 24.3 Å². The Balaban J connectivity index is 2.15. The van der Waals surface area contributed by atoms with Gasteiger partial charge in [-0.15, -0.1) is 33.6 Å². The zero-order chi connectivity index (χ0) is 13.7. The highest BCUT2D eigenvalue weighted by Gasteiger charge is 2.10. The van der Waals surface area contributed by atoms with Crippen LogP contribution in [0.15, 0.2) is 34.3 Å². The third-order valence-corrected chi connectivity index (χ3v) is 4.81. The lowest BCUT2D eigenvalue weighted by Crippen LogP contribution is -1.95. The van der Waals surface area contributed by atoms with Gasteiger partial charge in [-0.3, -0.25) is 0 Å². The number of benzene rings is 1. The molecule has 0 unspecified atom stereocenters. The lowest BCUT2D eigenvalue weighted by Gasteiger charge is -2.04. The molecule has 0 amide bonds. The fourth-order valence-corrected chi connectivity index (χ4v) is 3.20. The van der Waals surface area contributed by atoms with E-state index in [9.17, 15) is 0 Å². The summed E-state index contributed by atoms with van der Waals surface area (Å²) in [7, 11) is 2.00. The van der Waals surface area contributed by atoms with Crippen molar-refractivity contribution in [3.63, 3.8) is 0 Å². The van der Waals surface area contributed by atoms with Crippen LogP contribution < -0.4 is 0 Å². The van der Waals surface area contributed by atoms with Crippen LogP contribution in [0.5, 0.6) is 0 Å². The fourth-order valence-electron chi connectivity index (χ4n) is 1.65. The summed E-state index contributed by atoms with van der Waals surface area (Å²) in [5.74, 6) is 2.57. The Morgan fingerprint density at radius 1 is 1.21 bits per heavy atom. The van der Waals surface area contributed by atoms with E-state index < -0.39 is 0 Å². The van der Waals surface area contributed by atoms with Crippen molar-refractivity contribution < 1.29 is 0 Å². The zero-order valence-electron chi connectivity index (χ0n) is 11.0. The molecule has 0 aliphatic heterocycles. The van der Waals surface area contributed by atoms with Gasteiger partial charge in [0.2, 0.25) is 0 Å². The Labute approximate surface area is 127 Å². The highest BCUT2D eigenvalue weighted by molar-refractivity contribution is 7.99. The van der Waals surface area contributed by atoms with Gasteiger partial charge in [0.05, 0.1) is 0 Å². The highest BCUT2D eigenvalue weighted by atomic mass is 35.5. The molecule has 0 atom stereocenters. The van der Waals surface area contributed by atoms with Crippen molar-refractivity contribution in [2.75, 3.05) is 17.9 Å². The third kappa shape index (κ3) is 3.68. The van der Waals surface area contributed by atoms with Gasteiger partial charge in [0, 0.05) is 29.1 Å². The lowest BCUT2D eigenvalue weighted by molar-refractivity contribution is 0.793. The molecule has 0 saturated heterocycles. The molecular formula is C13H16ClN3S2. The van der Waals surface area contributed by atoms with Gasteiger partial charge in [-0.2, -0.15) is 0 Å². The Morgan fingerprint density at radius 3 is 2.58 bits per heavy atom. The summed E-state index contributed by atoms with van der Waals surface area (Å²) in [4.78, 5) is 1.25. The van der Waals surface area contributed by atoms with Crippen LogP contribution in [0.1, 0.15) is 6.42 Å². The molecule has 0 N–H and O–H groups in total. The van der Waals surface area contributed by atoms with Crippen LogP contribution in [0.2, 0.25) is 0 Å². The van der Waals surface area contributed by atoms with E-state index in [1.807, 2.05) is 11.6 Å². The lowest BCUT2D eigenvalue weighted by atomic mass is 10.2. The van der Waals surface area contributed by atoms with Crippen molar-refractivity contribution in [1.82, 2.24) is 14.8 Å². The minimum atomic E-state index is 0.688. The molecule has 1 aromatic carbocycles. The molecule has 2 rings (SSSR count). The maximum absolute atomic E-state index is 5.68. The van der Waals surface area contributed by atoms with E-state index >= 15 is 0 Å². The van der Waals surface area contributed by atoms with Crippen LogP contribution in [0.4, 0.5) is 0 Å². The van der Waals surface area contributed by atoms with E-state index in [0.29, 0.717) is 5.88 Å². The molecule has 0 radical (unpaired) electrons. The van der Waals surface area contributed by atoms with Crippen LogP contribution in [0, 0.1) is 0 Å². The number of nitrogens with zero attached hydrogens (tertiary/aromatic N) is 3. The second kappa shape index (κ2) is 7.22. The molecular weight excluding hydrogens is 298 g/mol. The first-order valence-corrected chi connectivity index (χ1v) is 8.73. The Bertz CT molecular complexity index is 525. The van der Waals surface area contributed by atoms with Gasteiger partial charge >= 0.3 is 0 Å².